The lowest BCUT2D eigenvalue weighted by Gasteiger charge is -2.29. The lowest BCUT2D eigenvalue weighted by molar-refractivity contribution is 0.0832. The number of thiophene rings is 1. The first-order valence-corrected chi connectivity index (χ1v) is 13.3. The van der Waals surface area contributed by atoms with Crippen LogP contribution in [0.3, 0.4) is 0 Å². The van der Waals surface area contributed by atoms with Gasteiger partial charge < -0.3 is 20.6 Å². The standard InChI is InChI=1S/C28H30N6O2S/c35-23-10-15-34(16-11-23)14-9-20-3-1-5-22(17-20)32-28-30-13-8-24(33-28)25-6-7-26(37-25)27(36)31-19-21-4-2-12-29-18-21/h1-8,12-13,17-18,23,35H,9-11,14-16,19H2,(H,31,36)(H,30,32,33). The average molecular weight is 515 g/mol. The predicted octanol–water partition coefficient (Wildman–Crippen LogP) is 4.27. The fraction of sp³-hybridized carbons (Fsp3) is 0.286. The van der Waals surface area contributed by atoms with Crippen LogP contribution in [0.2, 0.25) is 0 Å². The lowest BCUT2D eigenvalue weighted by Crippen LogP contribution is -2.37. The molecule has 190 valence electrons. The number of hydrogen-bond donors (Lipinski definition) is 3. The van der Waals surface area contributed by atoms with Crippen LogP contribution in [0.1, 0.15) is 33.6 Å². The molecule has 0 bridgehead atoms. The van der Waals surface area contributed by atoms with Crippen LogP contribution in [-0.2, 0) is 13.0 Å². The van der Waals surface area contributed by atoms with Gasteiger partial charge in [-0.05, 0) is 66.8 Å². The predicted molar refractivity (Wildman–Crippen MR) is 146 cm³/mol. The number of aromatic nitrogens is 3. The Labute approximate surface area is 220 Å². The number of amides is 1. The van der Waals surface area contributed by atoms with E-state index in [-0.39, 0.29) is 12.0 Å². The highest BCUT2D eigenvalue weighted by Gasteiger charge is 2.16. The molecule has 0 unspecified atom stereocenters. The Kier molecular flexibility index (Phi) is 8.15. The molecule has 3 N–H and O–H groups in total. The number of aliphatic hydroxyl groups is 1. The summed E-state index contributed by atoms with van der Waals surface area (Å²) in [5, 5.41) is 16.0. The Bertz CT molecular complexity index is 1320. The number of rotatable bonds is 9. The summed E-state index contributed by atoms with van der Waals surface area (Å²) in [5.41, 5.74) is 3.89. The van der Waals surface area contributed by atoms with Gasteiger partial charge in [0.25, 0.3) is 5.91 Å². The fourth-order valence-corrected chi connectivity index (χ4v) is 5.18. The molecule has 3 aromatic heterocycles. The Hall–Kier alpha value is -3.66. The van der Waals surface area contributed by atoms with Crippen molar-refractivity contribution < 1.29 is 9.90 Å². The fourth-order valence-electron chi connectivity index (χ4n) is 4.29. The Morgan fingerprint density at radius 3 is 2.76 bits per heavy atom. The van der Waals surface area contributed by atoms with Crippen molar-refractivity contribution in [3.05, 3.63) is 89.2 Å². The molecule has 37 heavy (non-hydrogen) atoms. The number of nitrogens with one attached hydrogen (secondary N) is 2. The summed E-state index contributed by atoms with van der Waals surface area (Å²) < 4.78 is 0. The molecule has 4 heterocycles. The number of anilines is 2. The van der Waals surface area contributed by atoms with E-state index >= 15 is 0 Å². The summed E-state index contributed by atoms with van der Waals surface area (Å²) in [6.45, 7) is 3.33. The summed E-state index contributed by atoms with van der Waals surface area (Å²) >= 11 is 1.40. The van der Waals surface area contributed by atoms with Crippen molar-refractivity contribution >= 4 is 28.9 Å². The Morgan fingerprint density at radius 2 is 1.92 bits per heavy atom. The van der Waals surface area contributed by atoms with E-state index in [1.54, 1.807) is 18.6 Å². The molecule has 0 spiro atoms. The van der Waals surface area contributed by atoms with Gasteiger partial charge in [-0.15, -0.1) is 11.3 Å². The van der Waals surface area contributed by atoms with Crippen molar-refractivity contribution in [2.24, 2.45) is 0 Å². The van der Waals surface area contributed by atoms with Crippen LogP contribution in [0.5, 0.6) is 0 Å². The van der Waals surface area contributed by atoms with Crippen molar-refractivity contribution in [3.8, 4) is 10.6 Å². The molecule has 1 aromatic carbocycles. The second-order valence-corrected chi connectivity index (χ2v) is 10.2. The highest BCUT2D eigenvalue weighted by Crippen LogP contribution is 2.27. The van der Waals surface area contributed by atoms with Gasteiger partial charge in [0.1, 0.15) is 0 Å². The number of carbonyl (C=O) groups excluding carboxylic acids is 1. The zero-order chi connectivity index (χ0) is 25.5. The van der Waals surface area contributed by atoms with Gasteiger partial charge >= 0.3 is 0 Å². The van der Waals surface area contributed by atoms with Crippen molar-refractivity contribution in [3.63, 3.8) is 0 Å². The SMILES string of the molecule is O=C(NCc1cccnc1)c1ccc(-c2ccnc(Nc3cccc(CCN4CCC(O)CC4)c3)n2)s1. The van der Waals surface area contributed by atoms with Crippen LogP contribution in [0, 0.1) is 0 Å². The van der Waals surface area contributed by atoms with Gasteiger partial charge in [0.05, 0.1) is 21.6 Å². The van der Waals surface area contributed by atoms with Gasteiger partial charge in [-0.25, -0.2) is 9.97 Å². The van der Waals surface area contributed by atoms with Gasteiger partial charge in [0.2, 0.25) is 5.95 Å². The number of pyridine rings is 1. The number of carbonyl (C=O) groups is 1. The van der Waals surface area contributed by atoms with Crippen LogP contribution in [0.4, 0.5) is 11.6 Å². The van der Waals surface area contributed by atoms with Gasteiger partial charge in [-0.2, -0.15) is 0 Å². The maximum atomic E-state index is 12.6. The summed E-state index contributed by atoms with van der Waals surface area (Å²) in [6, 6.07) is 17.7. The molecule has 0 saturated carbocycles. The molecule has 0 atom stereocenters. The lowest BCUT2D eigenvalue weighted by atomic mass is 10.1. The van der Waals surface area contributed by atoms with Gasteiger partial charge in [0, 0.05) is 50.5 Å². The second-order valence-electron chi connectivity index (χ2n) is 9.12. The minimum absolute atomic E-state index is 0.120. The molecule has 1 aliphatic rings. The van der Waals surface area contributed by atoms with Crippen molar-refractivity contribution in [1.82, 2.24) is 25.2 Å². The summed E-state index contributed by atoms with van der Waals surface area (Å²) in [6.07, 6.45) is 7.70. The van der Waals surface area contributed by atoms with E-state index in [1.807, 2.05) is 42.5 Å². The molecule has 1 amide bonds. The first-order chi connectivity index (χ1) is 18.1. The topological polar surface area (TPSA) is 103 Å². The minimum atomic E-state index is -0.144. The van der Waals surface area contributed by atoms with E-state index < -0.39 is 0 Å². The summed E-state index contributed by atoms with van der Waals surface area (Å²) in [4.78, 5) is 29.7. The number of likely N-dealkylation sites (tertiary alicyclic amines) is 1. The number of piperidine rings is 1. The molecule has 0 aliphatic carbocycles. The smallest absolute Gasteiger partial charge is 0.261 e. The molecule has 0 radical (unpaired) electrons. The van der Waals surface area contributed by atoms with Gasteiger partial charge in [-0.1, -0.05) is 18.2 Å². The molecular weight excluding hydrogens is 484 g/mol. The zero-order valence-corrected chi connectivity index (χ0v) is 21.3. The molecular formula is C28H30N6O2S. The molecule has 9 heteroatoms. The molecule has 1 aliphatic heterocycles. The van der Waals surface area contributed by atoms with E-state index in [4.69, 9.17) is 0 Å². The number of aliphatic hydroxyl groups excluding tert-OH is 1. The molecule has 8 nitrogen and oxygen atoms in total. The van der Waals surface area contributed by atoms with Crippen LogP contribution in [0.25, 0.3) is 10.6 Å². The maximum absolute atomic E-state index is 12.6. The Balaban J connectivity index is 1.19. The van der Waals surface area contributed by atoms with Crippen molar-refractivity contribution in [1.29, 1.82) is 0 Å². The average Bonchev–Trinajstić information content (AvgIpc) is 3.43. The van der Waals surface area contributed by atoms with Crippen molar-refractivity contribution in [2.45, 2.75) is 31.9 Å². The third-order valence-corrected chi connectivity index (χ3v) is 7.48. The van der Waals surface area contributed by atoms with Crippen LogP contribution >= 0.6 is 11.3 Å². The van der Waals surface area contributed by atoms with Crippen molar-refractivity contribution in [2.75, 3.05) is 25.0 Å². The number of nitrogens with zero attached hydrogens (tertiary/aromatic N) is 4. The van der Waals surface area contributed by atoms with Crippen LogP contribution < -0.4 is 10.6 Å². The highest BCUT2D eigenvalue weighted by molar-refractivity contribution is 7.17. The quantitative estimate of drug-likeness (QED) is 0.306. The van der Waals surface area contributed by atoms with E-state index in [1.165, 1.54) is 16.9 Å². The number of benzene rings is 1. The minimum Gasteiger partial charge on any atom is -0.393 e. The van der Waals surface area contributed by atoms with Gasteiger partial charge in [-0.3, -0.25) is 9.78 Å². The number of hydrogen-bond acceptors (Lipinski definition) is 8. The second kappa shape index (κ2) is 12.1. The van der Waals surface area contributed by atoms with E-state index in [2.05, 4.69) is 42.6 Å². The Morgan fingerprint density at radius 1 is 1.05 bits per heavy atom. The third kappa shape index (κ3) is 6.97. The first-order valence-electron chi connectivity index (χ1n) is 12.5. The maximum Gasteiger partial charge on any atom is 0.261 e. The van der Waals surface area contributed by atoms with Crippen LogP contribution in [0.15, 0.2) is 73.2 Å². The molecule has 4 aromatic rings. The normalized spacial score (nSPS) is 14.4. The van der Waals surface area contributed by atoms with E-state index in [0.717, 1.165) is 60.7 Å². The van der Waals surface area contributed by atoms with Gasteiger partial charge in [0.15, 0.2) is 0 Å². The zero-order valence-electron chi connectivity index (χ0n) is 20.5. The van der Waals surface area contributed by atoms with E-state index in [9.17, 15) is 9.90 Å². The summed E-state index contributed by atoms with van der Waals surface area (Å²) in [7, 11) is 0. The van der Waals surface area contributed by atoms with E-state index in [0.29, 0.717) is 17.4 Å². The highest BCUT2D eigenvalue weighted by atomic mass is 32.1. The molecule has 1 saturated heterocycles. The monoisotopic (exact) mass is 514 g/mol. The van der Waals surface area contributed by atoms with Crippen LogP contribution in [-0.4, -0.2) is 56.6 Å². The summed E-state index contributed by atoms with van der Waals surface area (Å²) in [5.74, 6) is 0.390. The molecule has 1 fully saturated rings. The first kappa shape index (κ1) is 25.0. The molecule has 5 rings (SSSR count). The largest absolute Gasteiger partial charge is 0.393 e. The third-order valence-electron chi connectivity index (χ3n) is 6.37.